The number of aromatic carboxylic acids is 2. The zero-order valence-electron chi connectivity index (χ0n) is 19.7. The molecule has 0 aromatic heterocycles. The number of hydrogen-bond donors (Lipinski definition) is 4. The van der Waals surface area contributed by atoms with Gasteiger partial charge in [0.15, 0.2) is 23.0 Å². The summed E-state index contributed by atoms with van der Waals surface area (Å²) in [4.78, 5) is 21.6. The van der Waals surface area contributed by atoms with Gasteiger partial charge in [-0.05, 0) is 37.1 Å². The third kappa shape index (κ3) is 7.20. The minimum atomic E-state index is -0.991. The van der Waals surface area contributed by atoms with Crippen molar-refractivity contribution in [3.8, 4) is 46.0 Å². The third-order valence-corrected chi connectivity index (χ3v) is 4.68. The molecule has 2 aliphatic rings. The highest BCUT2D eigenvalue weighted by atomic mass is 16.6. The van der Waals surface area contributed by atoms with Crippen molar-refractivity contribution in [1.82, 2.24) is 0 Å². The van der Waals surface area contributed by atoms with Crippen molar-refractivity contribution in [1.29, 1.82) is 0 Å². The first-order valence-electron chi connectivity index (χ1n) is 11.1. The molecule has 10 heteroatoms. The normalized spacial score (nSPS) is 10.9. The Morgan fingerprint density at radius 1 is 0.667 bits per heavy atom. The van der Waals surface area contributed by atoms with Crippen LogP contribution in [0.5, 0.6) is 46.0 Å². The lowest BCUT2D eigenvalue weighted by Crippen LogP contribution is -2.02. The van der Waals surface area contributed by atoms with Crippen LogP contribution in [0.2, 0.25) is 0 Å². The molecular weight excluding hydrogens is 472 g/mol. The average Bonchev–Trinajstić information content (AvgIpc) is 3.77. The highest BCUT2D eigenvalue weighted by Gasteiger charge is 2.27. The van der Waals surface area contributed by atoms with Gasteiger partial charge >= 0.3 is 11.9 Å². The molecule has 0 unspecified atom stereocenters. The van der Waals surface area contributed by atoms with Gasteiger partial charge in [-0.15, -0.1) is 0 Å². The lowest BCUT2D eigenvalue weighted by molar-refractivity contribution is 0.0681. The number of carboxylic acid groups (broad SMARTS) is 2. The molecule has 2 aliphatic heterocycles. The number of aromatic hydroxyl groups is 2. The largest absolute Gasteiger partial charge is 0.508 e. The summed E-state index contributed by atoms with van der Waals surface area (Å²) in [6.07, 6.45) is 1.69. The number of phenols is 2. The smallest absolute Gasteiger partial charge is 0.339 e. The molecule has 3 aromatic carbocycles. The topological polar surface area (TPSA) is 159 Å². The van der Waals surface area contributed by atoms with Gasteiger partial charge in [0.1, 0.15) is 34.1 Å². The Bertz CT molecular complexity index is 1140. The molecule has 190 valence electrons. The summed E-state index contributed by atoms with van der Waals surface area (Å²) in [5.74, 6) is 1.81. The summed E-state index contributed by atoms with van der Waals surface area (Å²) in [5, 5.41) is 35.0. The Kier molecular flexibility index (Phi) is 8.45. The molecule has 5 rings (SSSR count). The van der Waals surface area contributed by atoms with E-state index in [-0.39, 0.29) is 22.6 Å². The molecule has 0 spiro atoms. The van der Waals surface area contributed by atoms with Crippen molar-refractivity contribution in [3.63, 3.8) is 0 Å². The Labute approximate surface area is 206 Å². The van der Waals surface area contributed by atoms with Crippen LogP contribution in [0.15, 0.2) is 48.5 Å². The van der Waals surface area contributed by atoms with Gasteiger partial charge in [-0.25, -0.2) is 9.59 Å². The van der Waals surface area contributed by atoms with Gasteiger partial charge in [-0.1, -0.05) is 13.8 Å². The van der Waals surface area contributed by atoms with E-state index in [1.165, 1.54) is 36.4 Å². The van der Waals surface area contributed by atoms with Crippen LogP contribution in [-0.2, 0) is 0 Å². The van der Waals surface area contributed by atoms with Crippen LogP contribution < -0.4 is 18.9 Å². The summed E-state index contributed by atoms with van der Waals surface area (Å²) in [7, 11) is 0. The van der Waals surface area contributed by atoms with Gasteiger partial charge in [0, 0.05) is 24.3 Å². The predicted molar refractivity (Wildman–Crippen MR) is 128 cm³/mol. The Balaban J connectivity index is 0.000000157. The Morgan fingerprint density at radius 2 is 1.00 bits per heavy atom. The van der Waals surface area contributed by atoms with E-state index in [1.807, 2.05) is 13.8 Å². The summed E-state index contributed by atoms with van der Waals surface area (Å²) < 4.78 is 20.6. The second kappa shape index (κ2) is 11.7. The number of rotatable bonds is 8. The maximum Gasteiger partial charge on any atom is 0.339 e. The summed E-state index contributed by atoms with van der Waals surface area (Å²) in [6, 6.07) is 11.9. The fourth-order valence-corrected chi connectivity index (χ4v) is 2.84. The van der Waals surface area contributed by atoms with Gasteiger partial charge < -0.3 is 39.4 Å². The maximum atomic E-state index is 10.8. The molecule has 0 aliphatic carbocycles. The number of fused-ring (bicyclic) bond motifs is 2. The van der Waals surface area contributed by atoms with E-state index < -0.39 is 11.9 Å². The van der Waals surface area contributed by atoms with E-state index >= 15 is 0 Å². The number of ether oxygens (including phenoxy) is 4. The highest BCUT2D eigenvalue weighted by Crippen LogP contribution is 2.49. The SMILES string of the molecule is CCCOc1cc2c(cc1C(=O)O)O2.CCCOc1cc2c(cc1C(=O)O)O2.Oc1ccc(O)cc1. The van der Waals surface area contributed by atoms with E-state index in [1.54, 1.807) is 12.1 Å². The molecule has 0 radical (unpaired) electrons. The van der Waals surface area contributed by atoms with E-state index in [4.69, 9.17) is 39.4 Å². The summed E-state index contributed by atoms with van der Waals surface area (Å²) in [5.41, 5.74) is 0.324. The molecule has 0 saturated carbocycles. The first kappa shape index (κ1) is 26.0. The molecule has 0 fully saturated rings. The maximum absolute atomic E-state index is 10.8. The number of carbonyl (C=O) groups is 2. The van der Waals surface area contributed by atoms with Gasteiger partial charge in [0.2, 0.25) is 0 Å². The third-order valence-electron chi connectivity index (χ3n) is 4.68. The summed E-state index contributed by atoms with van der Waals surface area (Å²) >= 11 is 0. The fraction of sp³-hybridized carbons (Fsp3) is 0.231. The molecule has 0 amide bonds. The molecule has 0 bridgehead atoms. The van der Waals surface area contributed by atoms with Crippen LogP contribution in [0, 0.1) is 0 Å². The second-order valence-electron chi connectivity index (χ2n) is 7.62. The zero-order valence-corrected chi connectivity index (χ0v) is 19.7. The van der Waals surface area contributed by atoms with Gasteiger partial charge in [0.05, 0.1) is 13.2 Å². The summed E-state index contributed by atoms with van der Waals surface area (Å²) in [6.45, 7) is 4.95. The van der Waals surface area contributed by atoms with Crippen LogP contribution in [0.3, 0.4) is 0 Å². The molecule has 2 heterocycles. The Hall–Kier alpha value is -4.60. The van der Waals surface area contributed by atoms with Crippen molar-refractivity contribution in [2.45, 2.75) is 26.7 Å². The minimum absolute atomic E-state index is 0.162. The number of carboxylic acids is 2. The standard InChI is InChI=1S/2C10H10O4.C6H6O2/c2*1-2-3-13-7-5-9-8(14-9)4-6(7)10(11)12;7-5-1-2-6(8)4-3-5/h2*4-5H,2-3H2,1H3,(H,11,12);1-4,7-8H. The lowest BCUT2D eigenvalue weighted by Gasteiger charge is -2.05. The molecular formula is C26H26O10. The minimum Gasteiger partial charge on any atom is -0.508 e. The van der Waals surface area contributed by atoms with Crippen molar-refractivity contribution in [2.24, 2.45) is 0 Å². The molecule has 10 nitrogen and oxygen atoms in total. The van der Waals surface area contributed by atoms with E-state index in [2.05, 4.69) is 0 Å². The molecule has 3 aromatic rings. The average molecular weight is 498 g/mol. The van der Waals surface area contributed by atoms with Gasteiger partial charge in [0.25, 0.3) is 0 Å². The Morgan fingerprint density at radius 3 is 1.31 bits per heavy atom. The molecule has 36 heavy (non-hydrogen) atoms. The van der Waals surface area contributed by atoms with Crippen molar-refractivity contribution in [2.75, 3.05) is 13.2 Å². The monoisotopic (exact) mass is 498 g/mol. The van der Waals surface area contributed by atoms with Crippen LogP contribution in [-0.4, -0.2) is 45.6 Å². The second-order valence-corrected chi connectivity index (χ2v) is 7.62. The molecule has 0 saturated heterocycles. The number of phenolic OH excluding ortho intramolecular Hbond substituents is 2. The van der Waals surface area contributed by atoms with Crippen molar-refractivity contribution in [3.05, 3.63) is 59.7 Å². The number of benzene rings is 3. The lowest BCUT2D eigenvalue weighted by atomic mass is 10.2. The number of hydrogen-bond acceptors (Lipinski definition) is 8. The first-order valence-corrected chi connectivity index (χ1v) is 11.1. The molecule has 0 atom stereocenters. The van der Waals surface area contributed by atoms with Crippen LogP contribution in [0.4, 0.5) is 0 Å². The van der Waals surface area contributed by atoms with Gasteiger partial charge in [-0.2, -0.15) is 0 Å². The van der Waals surface area contributed by atoms with Crippen molar-refractivity contribution < 1.29 is 49.0 Å². The van der Waals surface area contributed by atoms with Gasteiger partial charge in [-0.3, -0.25) is 0 Å². The first-order chi connectivity index (χ1) is 17.2. The predicted octanol–water partition coefficient (Wildman–Crippen LogP) is 5.66. The van der Waals surface area contributed by atoms with Crippen LogP contribution in [0.1, 0.15) is 47.4 Å². The zero-order chi connectivity index (χ0) is 26.2. The van der Waals surface area contributed by atoms with Crippen molar-refractivity contribution >= 4 is 11.9 Å². The molecule has 4 N–H and O–H groups in total. The quantitative estimate of drug-likeness (QED) is 0.155. The van der Waals surface area contributed by atoms with E-state index in [9.17, 15) is 9.59 Å². The van der Waals surface area contributed by atoms with E-state index in [0.717, 1.165) is 12.8 Å². The fourth-order valence-electron chi connectivity index (χ4n) is 2.84. The van der Waals surface area contributed by atoms with Crippen LogP contribution >= 0.6 is 0 Å². The van der Waals surface area contributed by atoms with E-state index in [0.29, 0.717) is 47.7 Å². The highest BCUT2D eigenvalue weighted by molar-refractivity contribution is 5.93. The van der Waals surface area contributed by atoms with Crippen LogP contribution in [0.25, 0.3) is 0 Å².